The van der Waals surface area contributed by atoms with E-state index in [0.29, 0.717) is 12.1 Å². The van der Waals surface area contributed by atoms with Gasteiger partial charge in [0.25, 0.3) is 0 Å². The molecule has 2 nitrogen and oxygen atoms in total. The smallest absolute Gasteiger partial charge is 0.143 e. The van der Waals surface area contributed by atoms with Crippen LogP contribution in [-0.2, 0) is 0 Å². The van der Waals surface area contributed by atoms with Crippen LogP contribution < -0.4 is 4.90 Å². The van der Waals surface area contributed by atoms with Gasteiger partial charge in [0.2, 0.25) is 0 Å². The highest BCUT2D eigenvalue weighted by atomic mass is 35.5. The molecule has 1 aromatic carbocycles. The Kier molecular flexibility index (Phi) is 3.20. The van der Waals surface area contributed by atoms with Crippen LogP contribution in [0.3, 0.4) is 0 Å². The molecule has 18 heavy (non-hydrogen) atoms. The van der Waals surface area contributed by atoms with Crippen molar-refractivity contribution in [2.75, 3.05) is 24.5 Å². The molecule has 0 saturated carbocycles. The van der Waals surface area contributed by atoms with E-state index in [0.717, 1.165) is 18.8 Å². The van der Waals surface area contributed by atoms with Crippen LogP contribution in [0.4, 0.5) is 10.1 Å². The maximum absolute atomic E-state index is 13.6. The Hall–Kier alpha value is -0.800. The lowest BCUT2D eigenvalue weighted by atomic mass is 10.1. The van der Waals surface area contributed by atoms with Crippen molar-refractivity contribution < 1.29 is 4.39 Å². The van der Waals surface area contributed by atoms with Gasteiger partial charge >= 0.3 is 0 Å². The van der Waals surface area contributed by atoms with Crippen LogP contribution in [0, 0.1) is 5.82 Å². The number of rotatable bonds is 1. The minimum Gasteiger partial charge on any atom is -0.366 e. The number of piperazine rings is 1. The average Bonchev–Trinajstić information content (AvgIpc) is 2.79. The number of hydrogen-bond acceptors (Lipinski definition) is 2. The molecule has 0 aliphatic carbocycles. The maximum Gasteiger partial charge on any atom is 0.143 e. The Bertz CT molecular complexity index is 451. The molecule has 0 spiro atoms. The Morgan fingerprint density at radius 3 is 2.94 bits per heavy atom. The Morgan fingerprint density at radius 2 is 2.17 bits per heavy atom. The fourth-order valence-electron chi connectivity index (χ4n) is 3.21. The van der Waals surface area contributed by atoms with Gasteiger partial charge in [-0.15, -0.1) is 0 Å². The molecule has 98 valence electrons. The van der Waals surface area contributed by atoms with Crippen molar-refractivity contribution in [3.05, 3.63) is 29.0 Å². The first-order valence-corrected chi connectivity index (χ1v) is 6.98. The molecule has 0 bridgehead atoms. The van der Waals surface area contributed by atoms with E-state index < -0.39 is 0 Å². The molecule has 4 heteroatoms. The lowest BCUT2D eigenvalue weighted by Gasteiger charge is -2.43. The van der Waals surface area contributed by atoms with Crippen molar-refractivity contribution in [2.45, 2.75) is 31.8 Å². The summed E-state index contributed by atoms with van der Waals surface area (Å²) in [6, 6.07) is 6.20. The van der Waals surface area contributed by atoms with Gasteiger partial charge in [-0.25, -0.2) is 4.39 Å². The maximum atomic E-state index is 13.6. The van der Waals surface area contributed by atoms with Crippen LogP contribution in [0.2, 0.25) is 5.02 Å². The standard InChI is InChI=1S/C14H18ClFN2/c1-10-8-17-6-2-3-12(17)9-18(10)11-4-5-13(15)14(16)7-11/h4-5,7,10,12H,2-3,6,8-9H2,1H3. The van der Waals surface area contributed by atoms with Crippen LogP contribution in [0.15, 0.2) is 18.2 Å². The van der Waals surface area contributed by atoms with Crippen LogP contribution >= 0.6 is 11.6 Å². The third-order valence-corrected chi connectivity index (χ3v) is 4.48. The summed E-state index contributed by atoms with van der Waals surface area (Å²) in [7, 11) is 0. The first-order chi connectivity index (χ1) is 8.65. The molecule has 2 atom stereocenters. The lowest BCUT2D eigenvalue weighted by Crippen LogP contribution is -2.55. The summed E-state index contributed by atoms with van der Waals surface area (Å²) >= 11 is 5.74. The van der Waals surface area contributed by atoms with E-state index in [9.17, 15) is 4.39 Å². The normalized spacial score (nSPS) is 28.5. The zero-order valence-electron chi connectivity index (χ0n) is 10.6. The quantitative estimate of drug-likeness (QED) is 0.772. The summed E-state index contributed by atoms with van der Waals surface area (Å²) < 4.78 is 13.6. The van der Waals surface area contributed by atoms with Gasteiger partial charge < -0.3 is 4.90 Å². The second-order valence-electron chi connectivity index (χ2n) is 5.39. The van der Waals surface area contributed by atoms with Crippen LogP contribution in [-0.4, -0.2) is 36.6 Å². The summed E-state index contributed by atoms with van der Waals surface area (Å²) in [5, 5.41) is 0.200. The number of halogens is 2. The van der Waals surface area contributed by atoms with E-state index in [2.05, 4.69) is 16.7 Å². The molecular formula is C14H18ClFN2. The number of anilines is 1. The summed E-state index contributed by atoms with van der Waals surface area (Å²) in [6.45, 7) is 5.51. The summed E-state index contributed by atoms with van der Waals surface area (Å²) in [4.78, 5) is 4.87. The van der Waals surface area contributed by atoms with Crippen molar-refractivity contribution >= 4 is 17.3 Å². The Morgan fingerprint density at radius 1 is 1.33 bits per heavy atom. The van der Waals surface area contributed by atoms with Gasteiger partial charge in [-0.1, -0.05) is 11.6 Å². The summed E-state index contributed by atoms with van der Waals surface area (Å²) in [5.74, 6) is -0.324. The van der Waals surface area contributed by atoms with Gasteiger partial charge in [0.05, 0.1) is 5.02 Å². The van der Waals surface area contributed by atoms with Crippen molar-refractivity contribution in [3.8, 4) is 0 Å². The van der Waals surface area contributed by atoms with Crippen LogP contribution in [0.1, 0.15) is 19.8 Å². The van der Waals surface area contributed by atoms with Crippen molar-refractivity contribution in [1.82, 2.24) is 4.90 Å². The van der Waals surface area contributed by atoms with E-state index in [1.165, 1.54) is 19.4 Å². The van der Waals surface area contributed by atoms with E-state index in [1.807, 2.05) is 6.07 Å². The molecule has 0 radical (unpaired) electrons. The fourth-order valence-corrected chi connectivity index (χ4v) is 3.33. The minimum atomic E-state index is -0.324. The van der Waals surface area contributed by atoms with Crippen molar-refractivity contribution in [1.29, 1.82) is 0 Å². The van der Waals surface area contributed by atoms with Crippen molar-refractivity contribution in [2.24, 2.45) is 0 Å². The first kappa shape index (κ1) is 12.2. The molecule has 2 unspecified atom stereocenters. The molecule has 3 rings (SSSR count). The highest BCUT2D eigenvalue weighted by molar-refractivity contribution is 6.30. The highest BCUT2D eigenvalue weighted by Crippen LogP contribution is 2.30. The SMILES string of the molecule is CC1CN2CCCC2CN1c1ccc(Cl)c(F)c1. The van der Waals surface area contributed by atoms with Gasteiger partial charge in [-0.05, 0) is 44.5 Å². The number of fused-ring (bicyclic) bond motifs is 1. The van der Waals surface area contributed by atoms with E-state index in [1.54, 1.807) is 12.1 Å². The molecule has 0 N–H and O–H groups in total. The molecule has 0 amide bonds. The largest absolute Gasteiger partial charge is 0.366 e. The lowest BCUT2D eigenvalue weighted by molar-refractivity contribution is 0.203. The molecule has 2 saturated heterocycles. The van der Waals surface area contributed by atoms with Gasteiger partial charge in [-0.3, -0.25) is 4.90 Å². The van der Waals surface area contributed by atoms with E-state index >= 15 is 0 Å². The molecule has 2 heterocycles. The molecule has 2 fully saturated rings. The zero-order valence-corrected chi connectivity index (χ0v) is 11.3. The number of benzene rings is 1. The van der Waals surface area contributed by atoms with Gasteiger partial charge in [0.1, 0.15) is 5.82 Å². The van der Waals surface area contributed by atoms with Crippen LogP contribution in [0.25, 0.3) is 0 Å². The average molecular weight is 269 g/mol. The topological polar surface area (TPSA) is 6.48 Å². The second-order valence-corrected chi connectivity index (χ2v) is 5.80. The molecule has 2 aliphatic rings. The van der Waals surface area contributed by atoms with Crippen molar-refractivity contribution in [3.63, 3.8) is 0 Å². The first-order valence-electron chi connectivity index (χ1n) is 6.61. The van der Waals surface area contributed by atoms with E-state index in [-0.39, 0.29) is 10.8 Å². The third kappa shape index (κ3) is 2.10. The zero-order chi connectivity index (χ0) is 12.7. The predicted octanol–water partition coefficient (Wildman–Crippen LogP) is 3.15. The molecule has 2 aliphatic heterocycles. The second kappa shape index (κ2) is 4.71. The summed E-state index contributed by atoms with van der Waals surface area (Å²) in [5.41, 5.74) is 0.955. The third-order valence-electron chi connectivity index (χ3n) is 4.17. The Labute approximate surface area is 112 Å². The molecule has 0 aromatic heterocycles. The number of hydrogen-bond donors (Lipinski definition) is 0. The fraction of sp³-hybridized carbons (Fsp3) is 0.571. The van der Waals surface area contributed by atoms with E-state index in [4.69, 9.17) is 11.6 Å². The minimum absolute atomic E-state index is 0.200. The molecular weight excluding hydrogens is 251 g/mol. The Balaban J connectivity index is 1.84. The summed E-state index contributed by atoms with van der Waals surface area (Å²) in [6.07, 6.45) is 2.56. The van der Waals surface area contributed by atoms with Crippen LogP contribution in [0.5, 0.6) is 0 Å². The highest BCUT2D eigenvalue weighted by Gasteiger charge is 2.34. The monoisotopic (exact) mass is 268 g/mol. The van der Waals surface area contributed by atoms with Gasteiger partial charge in [0.15, 0.2) is 0 Å². The van der Waals surface area contributed by atoms with Gasteiger partial charge in [-0.2, -0.15) is 0 Å². The van der Waals surface area contributed by atoms with Gasteiger partial charge in [0, 0.05) is 30.9 Å². The number of nitrogens with zero attached hydrogens (tertiary/aromatic N) is 2. The predicted molar refractivity (Wildman–Crippen MR) is 72.8 cm³/mol. The molecule has 1 aromatic rings.